The number of hydrogen-bond donors (Lipinski definition) is 1. The van der Waals surface area contributed by atoms with Crippen LogP contribution in [0.15, 0.2) is 60.9 Å². The number of fused-ring (bicyclic) bond motifs is 1. The highest BCUT2D eigenvalue weighted by Crippen LogP contribution is 2.36. The second-order valence-corrected chi connectivity index (χ2v) is 6.00. The fourth-order valence-electron chi connectivity index (χ4n) is 3.05. The van der Waals surface area contributed by atoms with E-state index < -0.39 is 5.54 Å². The van der Waals surface area contributed by atoms with Crippen LogP contribution in [-0.2, 0) is 5.54 Å². The van der Waals surface area contributed by atoms with Crippen LogP contribution in [-0.4, -0.2) is 9.78 Å². The summed E-state index contributed by atoms with van der Waals surface area (Å²) in [6, 6.07) is 13.4. The molecule has 0 aliphatic carbocycles. The maximum atomic E-state index is 7.14. The van der Waals surface area contributed by atoms with Gasteiger partial charge in [-0.1, -0.05) is 42.8 Å². The Kier molecular flexibility index (Phi) is 4.28. The fraction of sp³-hybridized carbons (Fsp3) is 0.158. The van der Waals surface area contributed by atoms with E-state index in [1.165, 1.54) is 6.20 Å². The molecule has 0 amide bonds. The monoisotopic (exact) mass is 336 g/mol. The number of nitrogens with zero attached hydrogens (tertiary/aromatic N) is 3. The van der Waals surface area contributed by atoms with Crippen molar-refractivity contribution in [2.45, 2.75) is 18.9 Å². The van der Waals surface area contributed by atoms with Gasteiger partial charge in [0.05, 0.1) is 23.8 Å². The molecule has 4 nitrogen and oxygen atoms in total. The topological polar surface area (TPSA) is 48.2 Å². The van der Waals surface area contributed by atoms with Gasteiger partial charge in [0.2, 0.25) is 0 Å². The van der Waals surface area contributed by atoms with Crippen LogP contribution in [0.1, 0.15) is 18.9 Å². The second kappa shape index (κ2) is 6.38. The highest BCUT2D eigenvalue weighted by molar-refractivity contribution is 6.30. The Bertz CT molecular complexity index is 934. The molecule has 1 aromatic heterocycles. The molecule has 0 aliphatic heterocycles. The first-order chi connectivity index (χ1) is 11.6. The third-order valence-corrected chi connectivity index (χ3v) is 4.59. The molecule has 1 atom stereocenters. The van der Waals surface area contributed by atoms with E-state index in [1.54, 1.807) is 6.20 Å². The molecule has 2 N–H and O–H groups in total. The minimum absolute atomic E-state index is 0.579. The van der Waals surface area contributed by atoms with E-state index in [1.807, 2.05) is 53.2 Å². The van der Waals surface area contributed by atoms with Crippen molar-refractivity contribution in [2.24, 2.45) is 0 Å². The first-order valence-corrected chi connectivity index (χ1v) is 8.03. The Morgan fingerprint density at radius 3 is 2.71 bits per heavy atom. The number of nitrogens with two attached hydrogens (primary N) is 1. The molecule has 0 radical (unpaired) electrons. The molecule has 3 aromatic rings. The molecule has 24 heavy (non-hydrogen) atoms. The predicted octanol–water partition coefficient (Wildman–Crippen LogP) is 4.86. The number of aromatic nitrogens is 2. The zero-order chi connectivity index (χ0) is 17.2. The lowest BCUT2D eigenvalue weighted by Crippen LogP contribution is -2.33. The summed E-state index contributed by atoms with van der Waals surface area (Å²) in [5, 5.41) is 6.18. The standard InChI is InChI=1S/C19H17ClN4/c1-3-19(11-12-22-2,14-7-9-15(20)10-8-14)24-18-6-4-5-17(21)16(18)13-23-24/h4-13H,3,21H2,1H3/b12-11+. The highest BCUT2D eigenvalue weighted by atomic mass is 35.5. The van der Waals surface area contributed by atoms with Gasteiger partial charge in [-0.3, -0.25) is 4.68 Å². The summed E-state index contributed by atoms with van der Waals surface area (Å²) >= 11 is 6.04. The van der Waals surface area contributed by atoms with Gasteiger partial charge in [-0.2, -0.15) is 5.10 Å². The smallest absolute Gasteiger partial charge is 0.153 e. The number of hydrogen-bond acceptors (Lipinski definition) is 2. The van der Waals surface area contributed by atoms with E-state index in [4.69, 9.17) is 23.9 Å². The van der Waals surface area contributed by atoms with E-state index >= 15 is 0 Å². The van der Waals surface area contributed by atoms with Crippen molar-refractivity contribution < 1.29 is 0 Å². The Labute approximate surface area is 146 Å². The maximum absolute atomic E-state index is 7.14. The van der Waals surface area contributed by atoms with E-state index in [0.717, 1.165) is 22.9 Å². The predicted molar refractivity (Wildman–Crippen MR) is 98.7 cm³/mol. The third-order valence-electron chi connectivity index (χ3n) is 4.33. The summed E-state index contributed by atoms with van der Waals surface area (Å²) in [7, 11) is 0. The number of rotatable bonds is 4. The van der Waals surface area contributed by atoms with Crippen molar-refractivity contribution >= 4 is 28.2 Å². The Morgan fingerprint density at radius 2 is 2.04 bits per heavy atom. The zero-order valence-electron chi connectivity index (χ0n) is 13.3. The first-order valence-electron chi connectivity index (χ1n) is 7.65. The lowest BCUT2D eigenvalue weighted by Gasteiger charge is -2.32. The Hall–Kier alpha value is -2.77. The highest BCUT2D eigenvalue weighted by Gasteiger charge is 2.31. The van der Waals surface area contributed by atoms with Gasteiger partial charge < -0.3 is 5.73 Å². The molecule has 0 fully saturated rings. The van der Waals surface area contributed by atoms with Gasteiger partial charge in [-0.05, 0) is 36.2 Å². The molecule has 120 valence electrons. The molecule has 0 spiro atoms. The van der Waals surface area contributed by atoms with Crippen molar-refractivity contribution in [3.63, 3.8) is 0 Å². The van der Waals surface area contributed by atoms with Crippen molar-refractivity contribution in [3.8, 4) is 0 Å². The molecular formula is C19H17ClN4. The van der Waals surface area contributed by atoms with Crippen LogP contribution in [0.25, 0.3) is 15.7 Å². The van der Waals surface area contributed by atoms with Gasteiger partial charge in [0.25, 0.3) is 0 Å². The number of nitrogen functional groups attached to an aromatic ring is 1. The van der Waals surface area contributed by atoms with Gasteiger partial charge in [-0.15, -0.1) is 0 Å². The quantitative estimate of drug-likeness (QED) is 0.546. The summed E-state index contributed by atoms with van der Waals surface area (Å²) in [4.78, 5) is 3.40. The van der Waals surface area contributed by atoms with Crippen LogP contribution >= 0.6 is 11.6 Å². The van der Waals surface area contributed by atoms with Crippen molar-refractivity contribution in [1.82, 2.24) is 9.78 Å². The van der Waals surface area contributed by atoms with E-state index in [2.05, 4.69) is 16.9 Å². The molecule has 2 aromatic carbocycles. The van der Waals surface area contributed by atoms with Crippen LogP contribution in [0.2, 0.25) is 5.02 Å². The van der Waals surface area contributed by atoms with Crippen LogP contribution in [0.5, 0.6) is 0 Å². The summed E-state index contributed by atoms with van der Waals surface area (Å²) in [6.07, 6.45) is 5.87. The summed E-state index contributed by atoms with van der Waals surface area (Å²) in [5.41, 5.74) is 8.13. The molecule has 0 saturated carbocycles. The van der Waals surface area contributed by atoms with Gasteiger partial charge in [0.1, 0.15) is 0 Å². The van der Waals surface area contributed by atoms with Crippen LogP contribution < -0.4 is 5.73 Å². The summed E-state index contributed by atoms with van der Waals surface area (Å²) in [5.74, 6) is 0. The fourth-order valence-corrected chi connectivity index (χ4v) is 3.18. The Balaban J connectivity index is 2.31. The van der Waals surface area contributed by atoms with Crippen LogP contribution in [0.4, 0.5) is 5.69 Å². The molecule has 1 unspecified atom stereocenters. The normalized spacial score (nSPS) is 13.9. The Morgan fingerprint density at radius 1 is 1.29 bits per heavy atom. The van der Waals surface area contributed by atoms with Gasteiger partial charge in [-0.25, -0.2) is 4.85 Å². The SMILES string of the molecule is [C-]#[N+]/C=C/C(CC)(c1ccc(Cl)cc1)n1ncc2c(N)cccc21. The first kappa shape index (κ1) is 16.1. The van der Waals surface area contributed by atoms with Crippen molar-refractivity contribution in [2.75, 3.05) is 5.73 Å². The van der Waals surface area contributed by atoms with Crippen molar-refractivity contribution in [1.29, 1.82) is 0 Å². The number of allylic oxidation sites excluding steroid dienone is 1. The molecule has 0 saturated heterocycles. The number of anilines is 1. The third kappa shape index (κ3) is 2.53. The summed E-state index contributed by atoms with van der Waals surface area (Å²) < 4.78 is 1.93. The minimum Gasteiger partial charge on any atom is -0.398 e. The molecule has 1 heterocycles. The largest absolute Gasteiger partial charge is 0.398 e. The van der Waals surface area contributed by atoms with Gasteiger partial charge in [0, 0.05) is 16.1 Å². The van der Waals surface area contributed by atoms with Crippen LogP contribution in [0, 0.1) is 6.57 Å². The number of benzene rings is 2. The second-order valence-electron chi connectivity index (χ2n) is 5.57. The van der Waals surface area contributed by atoms with Gasteiger partial charge >= 0.3 is 0 Å². The van der Waals surface area contributed by atoms with Crippen LogP contribution in [0.3, 0.4) is 0 Å². The lowest BCUT2D eigenvalue weighted by molar-refractivity contribution is 0.402. The summed E-state index contributed by atoms with van der Waals surface area (Å²) in [6.45, 7) is 9.22. The van der Waals surface area contributed by atoms with E-state index in [9.17, 15) is 0 Å². The van der Waals surface area contributed by atoms with Gasteiger partial charge in [0.15, 0.2) is 6.20 Å². The van der Waals surface area contributed by atoms with E-state index in [0.29, 0.717) is 10.7 Å². The molecule has 0 aliphatic rings. The number of halogens is 1. The van der Waals surface area contributed by atoms with Crippen molar-refractivity contribution in [3.05, 3.63) is 82.9 Å². The van der Waals surface area contributed by atoms with E-state index in [-0.39, 0.29) is 0 Å². The molecule has 5 heteroatoms. The zero-order valence-corrected chi connectivity index (χ0v) is 14.0. The minimum atomic E-state index is -0.579. The molecule has 0 bridgehead atoms. The average Bonchev–Trinajstić information content (AvgIpc) is 3.03. The lowest BCUT2D eigenvalue weighted by atomic mass is 9.87. The molecule has 3 rings (SSSR count). The maximum Gasteiger partial charge on any atom is 0.153 e. The molecular weight excluding hydrogens is 320 g/mol. The average molecular weight is 337 g/mol.